The Labute approximate surface area is 122 Å². The van der Waals surface area contributed by atoms with E-state index in [4.69, 9.17) is 4.98 Å². The van der Waals surface area contributed by atoms with Gasteiger partial charge in [0, 0.05) is 24.3 Å². The topological polar surface area (TPSA) is 44.8 Å². The molecule has 1 aliphatic heterocycles. The maximum Gasteiger partial charge on any atom is 0.140 e. The second kappa shape index (κ2) is 4.07. The summed E-state index contributed by atoms with van der Waals surface area (Å²) in [5.41, 5.74) is 4.71. The normalized spacial score (nSPS) is 17.4. The maximum absolute atomic E-state index is 4.70. The third-order valence-corrected chi connectivity index (χ3v) is 4.86. The summed E-state index contributed by atoms with van der Waals surface area (Å²) in [6.07, 6.45) is 5.76. The second-order valence-corrected chi connectivity index (χ2v) is 6.00. The molecule has 2 aliphatic rings. The van der Waals surface area contributed by atoms with Gasteiger partial charge in [0.25, 0.3) is 0 Å². The van der Waals surface area contributed by atoms with E-state index in [1.54, 1.807) is 0 Å². The lowest BCUT2D eigenvalue weighted by molar-refractivity contribution is 0.383. The SMILES string of the molecule is c1ccc2c(c1)CN(C1CCC1)c1nccc3[nH]nc-2c13. The first kappa shape index (κ1) is 11.3. The molecule has 0 atom stereocenters. The fourth-order valence-corrected chi connectivity index (χ4v) is 3.51. The first-order valence-corrected chi connectivity index (χ1v) is 7.60. The van der Waals surface area contributed by atoms with Gasteiger partial charge in [0.2, 0.25) is 0 Å². The van der Waals surface area contributed by atoms with Crippen molar-refractivity contribution < 1.29 is 0 Å². The van der Waals surface area contributed by atoms with Gasteiger partial charge in [-0.3, -0.25) is 5.10 Å². The quantitative estimate of drug-likeness (QED) is 0.740. The van der Waals surface area contributed by atoms with Gasteiger partial charge in [-0.15, -0.1) is 0 Å². The summed E-state index contributed by atoms with van der Waals surface area (Å²) in [5, 5.41) is 8.92. The molecule has 5 rings (SSSR count). The van der Waals surface area contributed by atoms with Crippen molar-refractivity contribution in [1.29, 1.82) is 0 Å². The number of H-pyrrole nitrogens is 1. The van der Waals surface area contributed by atoms with Crippen LogP contribution in [0.15, 0.2) is 36.5 Å². The Morgan fingerprint density at radius 3 is 2.90 bits per heavy atom. The molecule has 4 heteroatoms. The van der Waals surface area contributed by atoms with Gasteiger partial charge in [0.05, 0.1) is 10.9 Å². The summed E-state index contributed by atoms with van der Waals surface area (Å²) >= 11 is 0. The van der Waals surface area contributed by atoms with Crippen molar-refractivity contribution in [1.82, 2.24) is 15.2 Å². The van der Waals surface area contributed by atoms with Crippen LogP contribution in [0.4, 0.5) is 5.82 Å². The average Bonchev–Trinajstić information content (AvgIpc) is 2.83. The minimum absolute atomic E-state index is 0.622. The van der Waals surface area contributed by atoms with Crippen LogP contribution in [0.1, 0.15) is 24.8 Å². The van der Waals surface area contributed by atoms with E-state index in [1.165, 1.54) is 35.8 Å². The molecular formula is C17H16N4. The van der Waals surface area contributed by atoms with Crippen LogP contribution in [0.2, 0.25) is 0 Å². The van der Waals surface area contributed by atoms with Gasteiger partial charge in [0.1, 0.15) is 11.5 Å². The Balaban J connectivity index is 1.84. The molecule has 21 heavy (non-hydrogen) atoms. The van der Waals surface area contributed by atoms with Crippen molar-refractivity contribution in [3.05, 3.63) is 42.1 Å². The molecule has 1 saturated carbocycles. The average molecular weight is 276 g/mol. The van der Waals surface area contributed by atoms with Crippen molar-refractivity contribution in [3.63, 3.8) is 0 Å². The van der Waals surface area contributed by atoms with E-state index in [9.17, 15) is 0 Å². The van der Waals surface area contributed by atoms with E-state index in [0.717, 1.165) is 23.6 Å². The monoisotopic (exact) mass is 276 g/mol. The highest BCUT2D eigenvalue weighted by molar-refractivity contribution is 6.02. The molecule has 4 nitrogen and oxygen atoms in total. The zero-order chi connectivity index (χ0) is 13.8. The maximum atomic E-state index is 4.70. The summed E-state index contributed by atoms with van der Waals surface area (Å²) in [4.78, 5) is 7.19. The highest BCUT2D eigenvalue weighted by atomic mass is 15.2. The van der Waals surface area contributed by atoms with Crippen molar-refractivity contribution in [2.24, 2.45) is 0 Å². The Bertz CT molecular complexity index is 832. The van der Waals surface area contributed by atoms with Crippen LogP contribution in [-0.4, -0.2) is 21.2 Å². The van der Waals surface area contributed by atoms with Crippen LogP contribution < -0.4 is 4.90 Å². The molecule has 0 amide bonds. The number of benzene rings is 1. The number of aromatic amines is 1. The van der Waals surface area contributed by atoms with Crippen LogP contribution in [0.3, 0.4) is 0 Å². The molecule has 1 N–H and O–H groups in total. The first-order valence-electron chi connectivity index (χ1n) is 7.60. The zero-order valence-electron chi connectivity index (χ0n) is 11.7. The first-order chi connectivity index (χ1) is 10.4. The van der Waals surface area contributed by atoms with Crippen LogP contribution in [0.25, 0.3) is 22.2 Å². The lowest BCUT2D eigenvalue weighted by Crippen LogP contribution is -2.40. The zero-order valence-corrected chi connectivity index (χ0v) is 11.7. The lowest BCUT2D eigenvalue weighted by Gasteiger charge is -2.38. The van der Waals surface area contributed by atoms with Gasteiger partial charge in [-0.2, -0.15) is 5.10 Å². The van der Waals surface area contributed by atoms with Gasteiger partial charge in [0.15, 0.2) is 0 Å². The van der Waals surface area contributed by atoms with E-state index in [2.05, 4.69) is 39.4 Å². The van der Waals surface area contributed by atoms with Gasteiger partial charge in [-0.25, -0.2) is 4.98 Å². The highest BCUT2D eigenvalue weighted by Crippen LogP contribution is 2.41. The molecule has 1 fully saturated rings. The minimum atomic E-state index is 0.622. The summed E-state index contributed by atoms with van der Waals surface area (Å²) in [5.74, 6) is 1.09. The number of nitrogens with one attached hydrogen (secondary N) is 1. The van der Waals surface area contributed by atoms with Crippen LogP contribution in [0.5, 0.6) is 0 Å². The fraction of sp³-hybridized carbons (Fsp3) is 0.294. The molecule has 1 aromatic carbocycles. The molecule has 3 aromatic rings. The molecule has 0 unspecified atom stereocenters. The van der Waals surface area contributed by atoms with E-state index < -0.39 is 0 Å². The highest BCUT2D eigenvalue weighted by Gasteiger charge is 2.31. The molecule has 0 spiro atoms. The molecule has 104 valence electrons. The van der Waals surface area contributed by atoms with Gasteiger partial charge in [-0.05, 0) is 30.9 Å². The Morgan fingerprint density at radius 1 is 1.14 bits per heavy atom. The molecule has 1 aliphatic carbocycles. The van der Waals surface area contributed by atoms with Crippen LogP contribution in [0, 0.1) is 0 Å². The number of fused-ring (bicyclic) bond motifs is 2. The van der Waals surface area contributed by atoms with E-state index >= 15 is 0 Å². The number of anilines is 1. The predicted octanol–water partition coefficient (Wildman–Crippen LogP) is 3.50. The molecule has 0 bridgehead atoms. The largest absolute Gasteiger partial charge is 0.349 e. The van der Waals surface area contributed by atoms with Crippen molar-refractivity contribution in [2.45, 2.75) is 31.8 Å². The second-order valence-electron chi connectivity index (χ2n) is 6.00. The minimum Gasteiger partial charge on any atom is -0.349 e. The number of hydrogen-bond acceptors (Lipinski definition) is 3. The standard InChI is InChI=1S/C17H16N4/c1-2-7-13-11(4-1)10-21(12-5-3-6-12)17-15-14(8-9-18-17)19-20-16(13)15/h1-2,4,7-9,12H,3,5-6,10H2,(H,19,20). The van der Waals surface area contributed by atoms with E-state index in [-0.39, 0.29) is 0 Å². The summed E-state index contributed by atoms with van der Waals surface area (Å²) in [7, 11) is 0. The smallest absolute Gasteiger partial charge is 0.140 e. The molecule has 0 radical (unpaired) electrons. The summed E-state index contributed by atoms with van der Waals surface area (Å²) < 4.78 is 0. The van der Waals surface area contributed by atoms with Crippen LogP contribution in [-0.2, 0) is 6.54 Å². The van der Waals surface area contributed by atoms with Gasteiger partial charge in [-0.1, -0.05) is 24.3 Å². The van der Waals surface area contributed by atoms with Gasteiger partial charge < -0.3 is 4.90 Å². The molecule has 2 aromatic heterocycles. The van der Waals surface area contributed by atoms with Crippen molar-refractivity contribution in [2.75, 3.05) is 4.90 Å². The Hall–Kier alpha value is -2.36. The Kier molecular flexibility index (Phi) is 2.19. The van der Waals surface area contributed by atoms with Crippen LogP contribution >= 0.6 is 0 Å². The number of aromatic nitrogens is 3. The molecule has 3 heterocycles. The summed E-state index contributed by atoms with van der Waals surface area (Å²) in [6, 6.07) is 11.2. The van der Waals surface area contributed by atoms with Gasteiger partial charge >= 0.3 is 0 Å². The number of nitrogens with zero attached hydrogens (tertiary/aromatic N) is 3. The predicted molar refractivity (Wildman–Crippen MR) is 83.1 cm³/mol. The number of pyridine rings is 1. The number of rotatable bonds is 1. The van der Waals surface area contributed by atoms with Crippen molar-refractivity contribution in [3.8, 4) is 11.3 Å². The third kappa shape index (κ3) is 1.50. The third-order valence-electron chi connectivity index (χ3n) is 4.86. The number of hydrogen-bond donors (Lipinski definition) is 1. The summed E-state index contributed by atoms with van der Waals surface area (Å²) in [6.45, 7) is 0.934. The lowest BCUT2D eigenvalue weighted by atomic mass is 9.91. The molecule has 0 saturated heterocycles. The van der Waals surface area contributed by atoms with Crippen molar-refractivity contribution >= 4 is 16.7 Å². The fourth-order valence-electron chi connectivity index (χ4n) is 3.51. The van der Waals surface area contributed by atoms with E-state index in [1.807, 2.05) is 12.3 Å². The molecular weight excluding hydrogens is 260 g/mol. The Morgan fingerprint density at radius 2 is 2.05 bits per heavy atom. The van der Waals surface area contributed by atoms with E-state index in [0.29, 0.717) is 6.04 Å².